The number of anilines is 4. The van der Waals surface area contributed by atoms with Gasteiger partial charge in [-0.05, 0) is 119 Å². The van der Waals surface area contributed by atoms with E-state index in [-0.39, 0.29) is 44.2 Å². The van der Waals surface area contributed by atoms with Gasteiger partial charge in [-0.3, -0.25) is 34.1 Å². The Bertz CT molecular complexity index is 3160. The molecule has 0 spiro atoms. The average molecular weight is 857 g/mol. The minimum Gasteiger partial charge on any atom is -0.308 e. The molecule has 7 N–H and O–H groups in total. The van der Waals surface area contributed by atoms with Gasteiger partial charge in [0.2, 0.25) is 11.6 Å². The van der Waals surface area contributed by atoms with E-state index in [9.17, 15) is 53.3 Å². The maximum absolute atomic E-state index is 13.5. The zero-order chi connectivity index (χ0) is 42.4. The fourth-order valence-corrected chi connectivity index (χ4v) is 7.97. The molecule has 0 saturated carbocycles. The summed E-state index contributed by atoms with van der Waals surface area (Å²) in [6.45, 7) is 1.82. The third-order valence-electron chi connectivity index (χ3n) is 8.86. The van der Waals surface area contributed by atoms with E-state index in [4.69, 9.17) is 0 Å². The number of rotatable bonds is 9. The van der Waals surface area contributed by atoms with Crippen molar-refractivity contribution in [1.82, 2.24) is 0 Å². The molecule has 2 amide bonds. The molecule has 2 aliphatic carbocycles. The Morgan fingerprint density at radius 3 is 1.51 bits per heavy atom. The van der Waals surface area contributed by atoms with Gasteiger partial charge in [0.15, 0.2) is 11.4 Å². The summed E-state index contributed by atoms with van der Waals surface area (Å²) in [6, 6.07) is 22.3. The summed E-state index contributed by atoms with van der Waals surface area (Å²) in [5, 5.41) is 13.9. The van der Waals surface area contributed by atoms with Crippen molar-refractivity contribution >= 4 is 105 Å². The second-order valence-corrected chi connectivity index (χ2v) is 17.2. The number of fused-ring (bicyclic) bond motifs is 3. The van der Waals surface area contributed by atoms with Crippen molar-refractivity contribution in [3.05, 3.63) is 135 Å². The predicted molar refractivity (Wildman–Crippen MR) is 220 cm³/mol. The lowest BCUT2D eigenvalue weighted by Gasteiger charge is -2.18. The van der Waals surface area contributed by atoms with Gasteiger partial charge in [0.25, 0.3) is 30.4 Å². The van der Waals surface area contributed by atoms with E-state index in [0.29, 0.717) is 16.5 Å². The molecular formula is C38H28N6O12S3. The summed E-state index contributed by atoms with van der Waals surface area (Å²) in [5.74, 6) is -1.71. The number of aryl methyl sites for hydroxylation is 1. The van der Waals surface area contributed by atoms with Crippen LogP contribution in [0.1, 0.15) is 37.4 Å². The topological polar surface area (TPSA) is 287 Å². The van der Waals surface area contributed by atoms with Crippen molar-refractivity contribution in [3.63, 3.8) is 0 Å². The van der Waals surface area contributed by atoms with Crippen LogP contribution in [0.25, 0.3) is 22.9 Å². The van der Waals surface area contributed by atoms with E-state index in [1.807, 2.05) is 13.0 Å². The molecule has 0 bridgehead atoms. The van der Waals surface area contributed by atoms with Crippen LogP contribution in [0, 0.1) is 6.92 Å². The van der Waals surface area contributed by atoms with E-state index in [1.165, 1.54) is 72.8 Å². The Morgan fingerprint density at radius 2 is 1.02 bits per heavy atom. The van der Waals surface area contributed by atoms with E-state index >= 15 is 0 Å². The molecule has 5 aromatic rings. The molecule has 0 aliphatic heterocycles. The van der Waals surface area contributed by atoms with Crippen LogP contribution in [0.15, 0.2) is 122 Å². The fourth-order valence-electron chi connectivity index (χ4n) is 6.14. The van der Waals surface area contributed by atoms with Crippen LogP contribution in [0.4, 0.5) is 27.5 Å². The van der Waals surface area contributed by atoms with Crippen molar-refractivity contribution < 1.29 is 53.3 Å². The molecule has 21 heteroatoms. The van der Waals surface area contributed by atoms with Gasteiger partial charge in [-0.25, -0.2) is 4.79 Å². The molecule has 2 aliphatic rings. The van der Waals surface area contributed by atoms with Gasteiger partial charge in [-0.15, -0.1) is 0 Å². The highest BCUT2D eigenvalue weighted by atomic mass is 32.2. The number of nitrogens with one attached hydrogen (secondary N) is 4. The first-order valence-electron chi connectivity index (χ1n) is 16.8. The molecule has 5 aromatic carbocycles. The molecule has 7 rings (SSSR count). The number of hydrogen-bond acceptors (Lipinski definition) is 13. The van der Waals surface area contributed by atoms with Crippen LogP contribution in [0.3, 0.4) is 0 Å². The van der Waals surface area contributed by atoms with Gasteiger partial charge >= 0.3 is 6.03 Å². The lowest BCUT2D eigenvalue weighted by Crippen LogP contribution is -2.27. The summed E-state index contributed by atoms with van der Waals surface area (Å²) < 4.78 is 102. The first kappa shape index (κ1) is 40.3. The number of amides is 2. The molecule has 18 nitrogen and oxygen atoms in total. The van der Waals surface area contributed by atoms with Crippen LogP contribution < -0.4 is 21.5 Å². The fraction of sp³-hybridized carbons (Fsp3) is 0.0263. The number of Topliss-reactive ketones (excluding diaryl/α,β-unsaturated/α-hetero) is 2. The highest BCUT2D eigenvalue weighted by molar-refractivity contribution is 7.91. The van der Waals surface area contributed by atoms with Gasteiger partial charge in [-0.1, -0.05) is 24.3 Å². The Morgan fingerprint density at radius 1 is 0.542 bits per heavy atom. The molecule has 0 fully saturated rings. The number of hydrazone groups is 2. The van der Waals surface area contributed by atoms with Crippen LogP contribution in [-0.4, -0.2) is 67.9 Å². The maximum atomic E-state index is 13.5. The van der Waals surface area contributed by atoms with Crippen LogP contribution in [-0.2, 0) is 30.4 Å². The number of urea groups is 1. The Kier molecular flexibility index (Phi) is 10.3. The highest BCUT2D eigenvalue weighted by Gasteiger charge is 2.34. The maximum Gasteiger partial charge on any atom is 0.323 e. The molecule has 0 aromatic heterocycles. The molecular weight excluding hydrogens is 829 g/mol. The second kappa shape index (κ2) is 15.1. The van der Waals surface area contributed by atoms with E-state index in [2.05, 4.69) is 31.7 Å². The van der Waals surface area contributed by atoms with Gasteiger partial charge in [0.05, 0.1) is 16.3 Å². The Hall–Kier alpha value is -6.88. The van der Waals surface area contributed by atoms with Gasteiger partial charge in [0.1, 0.15) is 9.81 Å². The van der Waals surface area contributed by atoms with Crippen molar-refractivity contribution in [1.29, 1.82) is 0 Å². The number of nitrogens with zero attached hydrogens (tertiary/aromatic N) is 2. The van der Waals surface area contributed by atoms with Crippen LogP contribution in [0.2, 0.25) is 0 Å². The zero-order valence-corrected chi connectivity index (χ0v) is 32.5. The highest BCUT2D eigenvalue weighted by Crippen LogP contribution is 2.31. The lowest BCUT2D eigenvalue weighted by molar-refractivity contribution is 0.105. The summed E-state index contributed by atoms with van der Waals surface area (Å²) in [4.78, 5) is 38.0. The molecule has 300 valence electrons. The number of carbonyl (C=O) groups is 3. The van der Waals surface area contributed by atoms with E-state index in [1.54, 1.807) is 18.2 Å². The normalized spacial score (nSPS) is 15.6. The largest absolute Gasteiger partial charge is 0.323 e. The molecule has 59 heavy (non-hydrogen) atoms. The summed E-state index contributed by atoms with van der Waals surface area (Å²) in [5.41, 5.74) is 5.80. The molecule has 0 atom stereocenters. The monoisotopic (exact) mass is 856 g/mol. The van der Waals surface area contributed by atoms with Crippen LogP contribution >= 0.6 is 0 Å². The molecule has 0 heterocycles. The van der Waals surface area contributed by atoms with Crippen molar-refractivity contribution in [2.75, 3.05) is 21.5 Å². The quantitative estimate of drug-likeness (QED) is 0.0679. The minimum absolute atomic E-state index is 0.00393. The van der Waals surface area contributed by atoms with Crippen molar-refractivity contribution in [2.24, 2.45) is 10.2 Å². The predicted octanol–water partition coefficient (Wildman–Crippen LogP) is 5.83. The summed E-state index contributed by atoms with van der Waals surface area (Å²) >= 11 is 0. The molecule has 0 radical (unpaired) electrons. The third kappa shape index (κ3) is 8.69. The number of allylic oxidation sites excluding steroid dienone is 2. The zero-order valence-electron chi connectivity index (χ0n) is 30.0. The number of ketones is 2. The number of hydrogen-bond donors (Lipinski definition) is 7. The van der Waals surface area contributed by atoms with Crippen molar-refractivity contribution in [2.45, 2.75) is 11.8 Å². The van der Waals surface area contributed by atoms with E-state index in [0.717, 1.165) is 17.7 Å². The minimum atomic E-state index is -5.03. The number of benzene rings is 5. The summed E-state index contributed by atoms with van der Waals surface area (Å²) in [7, 11) is -14.4. The first-order valence-corrected chi connectivity index (χ1v) is 21.2. The Balaban J connectivity index is 1.09. The SMILES string of the molecule is Cc1cccc(N/N=C2\C(=O)c3ccc(NC(=O)Nc4ccc5c(c4)C=C(S(=O)(=O)O)/C(=N/Nc4ccc6cc(S(=O)(=O)O)ccc6c4)C5=O)cc3C=C2S(=O)(=O)O)c1. The third-order valence-corrected chi connectivity index (χ3v) is 11.4. The summed E-state index contributed by atoms with van der Waals surface area (Å²) in [6.07, 6.45) is 2.02. The first-order chi connectivity index (χ1) is 27.7. The lowest BCUT2D eigenvalue weighted by atomic mass is 9.94. The second-order valence-electron chi connectivity index (χ2n) is 13.0. The van der Waals surface area contributed by atoms with Gasteiger partial charge in [-0.2, -0.15) is 35.5 Å². The number of carbonyl (C=O) groups excluding carboxylic acids is 3. The van der Waals surface area contributed by atoms with E-state index < -0.39 is 69.2 Å². The van der Waals surface area contributed by atoms with Crippen LogP contribution in [0.5, 0.6) is 0 Å². The van der Waals surface area contributed by atoms with Gasteiger partial charge in [0, 0.05) is 22.5 Å². The molecule has 0 unspecified atom stereocenters. The smallest absolute Gasteiger partial charge is 0.308 e. The Labute approximate surface area is 335 Å². The van der Waals surface area contributed by atoms with Gasteiger partial charge < -0.3 is 10.6 Å². The molecule has 0 saturated heterocycles. The standard InChI is InChI=1S/C38H28N6O12S3/c1-20-3-2-4-27(13-20)41-43-34-32(58(51,52)53)18-23-15-25(8-11-30(23)36(34)45)39-38(47)40-26-9-12-31-24(16-26)19-33(59(54,55)56)35(37(31)46)44-42-28-7-5-22-17-29(57(48,49)50)10-6-21(22)14-28/h2-19,41-42H,1H3,(H2,39,40,47)(H,48,49,50)(H,51,52,53)(H,54,55,56)/b43-34-,44-35-. The van der Waals surface area contributed by atoms with Crippen molar-refractivity contribution in [3.8, 4) is 0 Å². The average Bonchev–Trinajstić information content (AvgIpc) is 3.15.